The van der Waals surface area contributed by atoms with Gasteiger partial charge in [0.05, 0.1) is 0 Å². The van der Waals surface area contributed by atoms with Crippen LogP contribution in [0, 0.1) is 20.8 Å². The first kappa shape index (κ1) is 22.7. The Morgan fingerprint density at radius 2 is 1.61 bits per heavy atom. The standard InChI is InChI=1S/C29H32N2O2/c1-6-30(7-2)29(32)33-27-12-11-26-25(28(27)24-17-21(4)15-22(5)18-24)13-14-31(26)19-23-10-8-9-20(3)16-23/h8-18H,6-7,19H2,1-5H3. The van der Waals surface area contributed by atoms with Crippen LogP contribution in [0.4, 0.5) is 4.79 Å². The van der Waals surface area contributed by atoms with E-state index in [0.717, 1.165) is 28.6 Å². The van der Waals surface area contributed by atoms with Crippen molar-refractivity contribution < 1.29 is 9.53 Å². The van der Waals surface area contributed by atoms with Crippen molar-refractivity contribution in [2.24, 2.45) is 0 Å². The Labute approximate surface area is 196 Å². The minimum Gasteiger partial charge on any atom is -0.410 e. The van der Waals surface area contributed by atoms with E-state index < -0.39 is 0 Å². The Bertz CT molecular complexity index is 1280. The lowest BCUT2D eigenvalue weighted by Crippen LogP contribution is -2.33. The number of hydrogen-bond donors (Lipinski definition) is 0. The summed E-state index contributed by atoms with van der Waals surface area (Å²) in [6.07, 6.45) is 1.80. The number of hydrogen-bond acceptors (Lipinski definition) is 2. The van der Waals surface area contributed by atoms with Gasteiger partial charge in [0.15, 0.2) is 0 Å². The van der Waals surface area contributed by atoms with Gasteiger partial charge in [0, 0.05) is 42.3 Å². The molecule has 33 heavy (non-hydrogen) atoms. The van der Waals surface area contributed by atoms with Crippen molar-refractivity contribution in [2.75, 3.05) is 13.1 Å². The monoisotopic (exact) mass is 440 g/mol. The number of carbonyl (C=O) groups excluding carboxylic acids is 1. The van der Waals surface area contributed by atoms with Gasteiger partial charge in [-0.25, -0.2) is 4.79 Å². The summed E-state index contributed by atoms with van der Waals surface area (Å²) in [5.74, 6) is 0.595. The number of aromatic nitrogens is 1. The van der Waals surface area contributed by atoms with E-state index in [4.69, 9.17) is 4.74 Å². The van der Waals surface area contributed by atoms with Gasteiger partial charge in [-0.2, -0.15) is 0 Å². The number of aryl methyl sites for hydroxylation is 3. The SMILES string of the molecule is CCN(CC)C(=O)Oc1ccc2c(ccn2Cc2cccc(C)c2)c1-c1cc(C)cc(C)c1. The zero-order valence-corrected chi connectivity index (χ0v) is 20.2. The van der Waals surface area contributed by atoms with Crippen LogP contribution in [-0.4, -0.2) is 28.6 Å². The summed E-state index contributed by atoms with van der Waals surface area (Å²) < 4.78 is 8.21. The van der Waals surface area contributed by atoms with Crippen LogP contribution in [0.3, 0.4) is 0 Å². The maximum atomic E-state index is 12.8. The smallest absolute Gasteiger partial charge is 0.410 e. The Hall–Kier alpha value is -3.53. The third-order valence-corrected chi connectivity index (χ3v) is 6.08. The fourth-order valence-corrected chi connectivity index (χ4v) is 4.54. The van der Waals surface area contributed by atoms with Crippen molar-refractivity contribution in [1.82, 2.24) is 9.47 Å². The molecule has 4 aromatic rings. The molecule has 0 spiro atoms. The van der Waals surface area contributed by atoms with Crippen LogP contribution in [-0.2, 0) is 6.54 Å². The maximum absolute atomic E-state index is 12.8. The zero-order chi connectivity index (χ0) is 23.5. The lowest BCUT2D eigenvalue weighted by molar-refractivity contribution is 0.157. The Morgan fingerprint density at radius 1 is 0.879 bits per heavy atom. The van der Waals surface area contributed by atoms with E-state index in [0.29, 0.717) is 18.8 Å². The highest BCUT2D eigenvalue weighted by atomic mass is 16.6. The number of fused-ring (bicyclic) bond motifs is 1. The van der Waals surface area contributed by atoms with Gasteiger partial charge in [-0.05, 0) is 63.9 Å². The molecular weight excluding hydrogens is 408 g/mol. The van der Waals surface area contributed by atoms with Crippen molar-refractivity contribution >= 4 is 17.0 Å². The second kappa shape index (κ2) is 9.53. The molecule has 0 radical (unpaired) electrons. The number of benzene rings is 3. The van der Waals surface area contributed by atoms with Gasteiger partial charge in [-0.15, -0.1) is 0 Å². The second-order valence-electron chi connectivity index (χ2n) is 8.72. The minimum atomic E-state index is -0.316. The Balaban J connectivity index is 1.84. The van der Waals surface area contributed by atoms with Gasteiger partial charge in [0.1, 0.15) is 5.75 Å². The van der Waals surface area contributed by atoms with Crippen molar-refractivity contribution in [3.8, 4) is 16.9 Å². The van der Waals surface area contributed by atoms with E-state index in [1.807, 2.05) is 19.9 Å². The number of amides is 1. The first-order valence-corrected chi connectivity index (χ1v) is 11.6. The third-order valence-electron chi connectivity index (χ3n) is 6.08. The molecule has 4 heteroatoms. The summed E-state index contributed by atoms with van der Waals surface area (Å²) in [6.45, 7) is 12.3. The molecule has 0 saturated carbocycles. The van der Waals surface area contributed by atoms with E-state index in [1.165, 1.54) is 22.3 Å². The van der Waals surface area contributed by atoms with Crippen molar-refractivity contribution in [3.05, 3.63) is 89.1 Å². The molecule has 3 aromatic carbocycles. The van der Waals surface area contributed by atoms with Gasteiger partial charge >= 0.3 is 6.09 Å². The zero-order valence-electron chi connectivity index (χ0n) is 20.2. The molecule has 4 nitrogen and oxygen atoms in total. The van der Waals surface area contributed by atoms with Gasteiger partial charge in [-0.3, -0.25) is 0 Å². The van der Waals surface area contributed by atoms with Crippen molar-refractivity contribution in [3.63, 3.8) is 0 Å². The van der Waals surface area contributed by atoms with Crippen LogP contribution in [0.15, 0.2) is 66.9 Å². The lowest BCUT2D eigenvalue weighted by atomic mass is 9.97. The highest BCUT2D eigenvalue weighted by molar-refractivity contribution is 6.00. The first-order valence-electron chi connectivity index (χ1n) is 11.6. The van der Waals surface area contributed by atoms with E-state index >= 15 is 0 Å². The third kappa shape index (κ3) is 4.80. The number of nitrogens with zero attached hydrogens (tertiary/aromatic N) is 2. The molecule has 1 amide bonds. The Kier molecular flexibility index (Phi) is 6.55. The molecule has 1 heterocycles. The molecule has 1 aromatic heterocycles. The summed E-state index contributed by atoms with van der Waals surface area (Å²) in [6, 6.07) is 21.2. The Morgan fingerprint density at radius 3 is 2.27 bits per heavy atom. The normalized spacial score (nSPS) is 11.1. The molecule has 0 fully saturated rings. The predicted octanol–water partition coefficient (Wildman–Crippen LogP) is 7.12. The van der Waals surface area contributed by atoms with Crippen LogP contribution >= 0.6 is 0 Å². The quantitative estimate of drug-likeness (QED) is 0.320. The molecule has 0 aliphatic carbocycles. The average molecular weight is 441 g/mol. The topological polar surface area (TPSA) is 34.5 Å². The highest BCUT2D eigenvalue weighted by Gasteiger charge is 2.19. The average Bonchev–Trinajstić information content (AvgIpc) is 3.16. The molecule has 4 rings (SSSR count). The summed E-state index contributed by atoms with van der Waals surface area (Å²) >= 11 is 0. The molecule has 0 bridgehead atoms. The molecule has 0 N–H and O–H groups in total. The molecule has 0 atom stereocenters. The molecule has 170 valence electrons. The molecule has 0 aliphatic heterocycles. The second-order valence-corrected chi connectivity index (χ2v) is 8.72. The molecule has 0 unspecified atom stereocenters. The predicted molar refractivity (Wildman–Crippen MR) is 136 cm³/mol. The van der Waals surface area contributed by atoms with Gasteiger partial charge in [0.25, 0.3) is 0 Å². The number of ether oxygens (including phenoxy) is 1. The van der Waals surface area contributed by atoms with E-state index in [2.05, 4.69) is 86.1 Å². The van der Waals surface area contributed by atoms with E-state index in [9.17, 15) is 4.79 Å². The maximum Gasteiger partial charge on any atom is 0.415 e. The lowest BCUT2D eigenvalue weighted by Gasteiger charge is -2.20. The summed E-state index contributed by atoms with van der Waals surface area (Å²) in [7, 11) is 0. The molecular formula is C29H32N2O2. The minimum absolute atomic E-state index is 0.316. The van der Waals surface area contributed by atoms with Gasteiger partial charge < -0.3 is 14.2 Å². The van der Waals surface area contributed by atoms with Crippen LogP contribution in [0.25, 0.3) is 22.0 Å². The van der Waals surface area contributed by atoms with Crippen LogP contribution in [0.5, 0.6) is 5.75 Å². The van der Waals surface area contributed by atoms with E-state index in [1.54, 1.807) is 4.90 Å². The fourth-order valence-electron chi connectivity index (χ4n) is 4.54. The van der Waals surface area contributed by atoms with Gasteiger partial charge in [-0.1, -0.05) is 59.2 Å². The van der Waals surface area contributed by atoms with Crippen LogP contribution < -0.4 is 4.74 Å². The van der Waals surface area contributed by atoms with E-state index in [-0.39, 0.29) is 6.09 Å². The van der Waals surface area contributed by atoms with Crippen molar-refractivity contribution in [2.45, 2.75) is 41.2 Å². The van der Waals surface area contributed by atoms with Crippen LogP contribution in [0.1, 0.15) is 36.1 Å². The largest absolute Gasteiger partial charge is 0.415 e. The van der Waals surface area contributed by atoms with Crippen molar-refractivity contribution in [1.29, 1.82) is 0 Å². The highest BCUT2D eigenvalue weighted by Crippen LogP contribution is 2.39. The number of rotatable bonds is 6. The molecule has 0 saturated heterocycles. The van der Waals surface area contributed by atoms with Crippen LogP contribution in [0.2, 0.25) is 0 Å². The summed E-state index contributed by atoms with van der Waals surface area (Å²) in [5.41, 5.74) is 8.03. The molecule has 0 aliphatic rings. The summed E-state index contributed by atoms with van der Waals surface area (Å²) in [5, 5.41) is 1.08. The fraction of sp³-hybridized carbons (Fsp3) is 0.276. The summed E-state index contributed by atoms with van der Waals surface area (Å²) in [4.78, 5) is 14.5. The number of carbonyl (C=O) groups is 1. The van der Waals surface area contributed by atoms with Gasteiger partial charge in [0.2, 0.25) is 0 Å². The first-order chi connectivity index (χ1) is 15.9.